The molecule has 3 nitrogen and oxygen atoms in total. The van der Waals surface area contributed by atoms with E-state index in [-0.39, 0.29) is 0 Å². The van der Waals surface area contributed by atoms with Crippen molar-refractivity contribution in [3.63, 3.8) is 0 Å². The number of hydrogen-bond acceptors (Lipinski definition) is 2. The number of fused-ring (bicyclic) bond motifs is 1. The number of aryl methyl sites for hydroxylation is 2. The first-order chi connectivity index (χ1) is 9.74. The van der Waals surface area contributed by atoms with E-state index in [4.69, 9.17) is 0 Å². The number of hydrogen-bond donors (Lipinski definition) is 1. The lowest BCUT2D eigenvalue weighted by atomic mass is 10.1. The normalized spacial score (nSPS) is 11.1. The van der Waals surface area contributed by atoms with Gasteiger partial charge >= 0.3 is 0 Å². The number of benzene rings is 2. The highest BCUT2D eigenvalue weighted by Crippen LogP contribution is 2.17. The summed E-state index contributed by atoms with van der Waals surface area (Å²) in [7, 11) is 1.99. The van der Waals surface area contributed by atoms with Crippen molar-refractivity contribution in [1.29, 1.82) is 0 Å². The minimum Gasteiger partial charge on any atom is -0.307 e. The quantitative estimate of drug-likeness (QED) is 0.785. The lowest BCUT2D eigenvalue weighted by Crippen LogP contribution is -2.13. The molecule has 0 aliphatic carbocycles. The molecule has 3 heteroatoms. The highest BCUT2D eigenvalue weighted by atomic mass is 15.3. The molecule has 1 heterocycles. The van der Waals surface area contributed by atoms with Crippen molar-refractivity contribution >= 4 is 10.9 Å². The summed E-state index contributed by atoms with van der Waals surface area (Å²) in [6.45, 7) is 3.76. The first kappa shape index (κ1) is 12.9. The van der Waals surface area contributed by atoms with Crippen molar-refractivity contribution < 1.29 is 0 Å². The van der Waals surface area contributed by atoms with Crippen LogP contribution in [0.25, 0.3) is 10.9 Å². The van der Waals surface area contributed by atoms with Gasteiger partial charge in [0.25, 0.3) is 0 Å². The molecule has 2 aromatic carbocycles. The molecule has 1 aromatic heterocycles. The van der Waals surface area contributed by atoms with E-state index in [0.29, 0.717) is 0 Å². The number of nitrogens with one attached hydrogen (secondary N) is 1. The summed E-state index contributed by atoms with van der Waals surface area (Å²) in [6, 6.07) is 17.0. The molecular weight excluding hydrogens is 246 g/mol. The third-order valence-electron chi connectivity index (χ3n) is 3.58. The Morgan fingerprint density at radius 3 is 2.55 bits per heavy atom. The molecule has 0 radical (unpaired) electrons. The molecule has 20 heavy (non-hydrogen) atoms. The van der Waals surface area contributed by atoms with E-state index < -0.39 is 0 Å². The van der Waals surface area contributed by atoms with Crippen molar-refractivity contribution in [3.05, 3.63) is 65.4 Å². The Balaban J connectivity index is 1.70. The fourth-order valence-electron chi connectivity index (χ4n) is 2.45. The van der Waals surface area contributed by atoms with Crippen LogP contribution in [0, 0.1) is 6.92 Å². The topological polar surface area (TPSA) is 29.9 Å². The van der Waals surface area contributed by atoms with Crippen LogP contribution in [0.15, 0.2) is 48.5 Å². The van der Waals surface area contributed by atoms with E-state index in [1.807, 2.05) is 17.8 Å². The molecule has 0 fully saturated rings. The van der Waals surface area contributed by atoms with Crippen LogP contribution >= 0.6 is 0 Å². The number of nitrogens with zero attached hydrogens (tertiary/aromatic N) is 2. The zero-order chi connectivity index (χ0) is 13.9. The molecule has 3 aromatic rings. The zero-order valence-corrected chi connectivity index (χ0v) is 11.9. The van der Waals surface area contributed by atoms with E-state index in [0.717, 1.165) is 18.8 Å². The fraction of sp³-hybridized carbons (Fsp3) is 0.235. The van der Waals surface area contributed by atoms with Gasteiger partial charge in [0.05, 0.1) is 11.2 Å². The molecule has 102 valence electrons. The molecule has 0 unspecified atom stereocenters. The summed E-state index contributed by atoms with van der Waals surface area (Å²) in [4.78, 5) is 0. The van der Waals surface area contributed by atoms with Crippen molar-refractivity contribution in [2.24, 2.45) is 7.05 Å². The third kappa shape index (κ3) is 2.58. The van der Waals surface area contributed by atoms with Crippen LogP contribution in [0.2, 0.25) is 0 Å². The average molecular weight is 265 g/mol. The summed E-state index contributed by atoms with van der Waals surface area (Å²) in [5.41, 5.74) is 4.88. The molecule has 3 rings (SSSR count). The van der Waals surface area contributed by atoms with Crippen LogP contribution in [0.3, 0.4) is 0 Å². The maximum Gasteiger partial charge on any atom is 0.0841 e. The Labute approximate surface area is 119 Å². The second-order valence-corrected chi connectivity index (χ2v) is 5.18. The molecular formula is C17H19N3. The maximum absolute atomic E-state index is 4.59. The molecule has 0 aliphatic heterocycles. The summed E-state index contributed by atoms with van der Waals surface area (Å²) in [6.07, 6.45) is 0. The standard InChI is InChI=1S/C17H19N3/c1-13-7-9-14(10-8-13)11-18-12-16-15-5-3-4-6-17(15)20(2)19-16/h3-10,18H,11-12H2,1-2H3. The van der Waals surface area contributed by atoms with Crippen LogP contribution in [0.4, 0.5) is 0 Å². The first-order valence-corrected chi connectivity index (χ1v) is 6.91. The number of rotatable bonds is 4. The monoisotopic (exact) mass is 265 g/mol. The predicted molar refractivity (Wildman–Crippen MR) is 82.4 cm³/mol. The smallest absolute Gasteiger partial charge is 0.0841 e. The molecule has 0 bridgehead atoms. The summed E-state index contributed by atoms with van der Waals surface area (Å²) < 4.78 is 1.94. The van der Waals surface area contributed by atoms with E-state index in [1.165, 1.54) is 22.0 Å². The lowest BCUT2D eigenvalue weighted by Gasteiger charge is -2.04. The van der Waals surface area contributed by atoms with E-state index in [2.05, 4.69) is 59.8 Å². The number of aromatic nitrogens is 2. The highest BCUT2D eigenvalue weighted by Gasteiger charge is 2.06. The summed E-state index contributed by atoms with van der Waals surface area (Å²) in [5.74, 6) is 0. The second-order valence-electron chi connectivity index (χ2n) is 5.18. The molecule has 0 amide bonds. The molecule has 0 atom stereocenters. The van der Waals surface area contributed by atoms with Gasteiger partial charge in [-0.3, -0.25) is 4.68 Å². The minimum absolute atomic E-state index is 0.787. The van der Waals surface area contributed by atoms with Gasteiger partial charge in [-0.05, 0) is 18.6 Å². The Hall–Kier alpha value is -2.13. The minimum atomic E-state index is 0.787. The molecule has 0 saturated heterocycles. The molecule has 1 N–H and O–H groups in total. The average Bonchev–Trinajstić information content (AvgIpc) is 2.79. The maximum atomic E-state index is 4.59. The van der Waals surface area contributed by atoms with E-state index in [1.54, 1.807) is 0 Å². The van der Waals surface area contributed by atoms with Gasteiger partial charge in [0.2, 0.25) is 0 Å². The second kappa shape index (κ2) is 5.47. The lowest BCUT2D eigenvalue weighted by molar-refractivity contribution is 0.662. The SMILES string of the molecule is Cc1ccc(CNCc2nn(C)c3ccccc23)cc1. The van der Waals surface area contributed by atoms with Gasteiger partial charge in [-0.1, -0.05) is 48.0 Å². The van der Waals surface area contributed by atoms with Gasteiger partial charge in [-0.15, -0.1) is 0 Å². The van der Waals surface area contributed by atoms with Crippen molar-refractivity contribution in [2.45, 2.75) is 20.0 Å². The fourth-order valence-corrected chi connectivity index (χ4v) is 2.45. The van der Waals surface area contributed by atoms with Crippen LogP contribution in [-0.4, -0.2) is 9.78 Å². The van der Waals surface area contributed by atoms with E-state index >= 15 is 0 Å². The Kier molecular flexibility index (Phi) is 3.52. The molecule has 0 saturated carbocycles. The summed E-state index contributed by atoms with van der Waals surface area (Å²) >= 11 is 0. The summed E-state index contributed by atoms with van der Waals surface area (Å²) in [5, 5.41) is 9.28. The van der Waals surface area contributed by atoms with Crippen LogP contribution in [0.1, 0.15) is 16.8 Å². The molecule has 0 spiro atoms. The first-order valence-electron chi connectivity index (χ1n) is 6.91. The third-order valence-corrected chi connectivity index (χ3v) is 3.58. The van der Waals surface area contributed by atoms with Crippen LogP contribution in [-0.2, 0) is 20.1 Å². The van der Waals surface area contributed by atoms with Gasteiger partial charge in [-0.2, -0.15) is 5.10 Å². The molecule has 0 aliphatic rings. The van der Waals surface area contributed by atoms with Crippen LogP contribution in [0.5, 0.6) is 0 Å². The van der Waals surface area contributed by atoms with E-state index in [9.17, 15) is 0 Å². The van der Waals surface area contributed by atoms with Crippen LogP contribution < -0.4 is 5.32 Å². The number of para-hydroxylation sites is 1. The Morgan fingerprint density at radius 2 is 1.75 bits per heavy atom. The van der Waals surface area contributed by atoms with Gasteiger partial charge in [0, 0.05) is 25.5 Å². The predicted octanol–water partition coefficient (Wildman–Crippen LogP) is 3.17. The largest absolute Gasteiger partial charge is 0.307 e. The Morgan fingerprint density at radius 1 is 1.00 bits per heavy atom. The van der Waals surface area contributed by atoms with Crippen molar-refractivity contribution in [2.75, 3.05) is 0 Å². The van der Waals surface area contributed by atoms with Gasteiger partial charge < -0.3 is 5.32 Å². The van der Waals surface area contributed by atoms with Crippen molar-refractivity contribution in [1.82, 2.24) is 15.1 Å². The van der Waals surface area contributed by atoms with Gasteiger partial charge in [0.1, 0.15) is 0 Å². The van der Waals surface area contributed by atoms with Gasteiger partial charge in [-0.25, -0.2) is 0 Å². The van der Waals surface area contributed by atoms with Gasteiger partial charge in [0.15, 0.2) is 0 Å². The zero-order valence-electron chi connectivity index (χ0n) is 11.9. The van der Waals surface area contributed by atoms with Crippen molar-refractivity contribution in [3.8, 4) is 0 Å². The highest BCUT2D eigenvalue weighted by molar-refractivity contribution is 5.81. The Bertz CT molecular complexity index is 711.